The summed E-state index contributed by atoms with van der Waals surface area (Å²) in [4.78, 5) is 46.5. The Bertz CT molecular complexity index is 1800. The Kier molecular flexibility index (Phi) is 9.36. The molecule has 11 nitrogen and oxygen atoms in total. The van der Waals surface area contributed by atoms with Crippen LogP contribution in [-0.4, -0.2) is 88.7 Å². The van der Waals surface area contributed by atoms with E-state index in [4.69, 9.17) is 18.9 Å². The highest BCUT2D eigenvalue weighted by Gasteiger charge is 2.66. The molecule has 1 spiro atoms. The molecular weight excluding hydrogens is 667 g/mol. The van der Waals surface area contributed by atoms with Gasteiger partial charge in [-0.05, 0) is 66.4 Å². The molecule has 270 valence electrons. The summed E-state index contributed by atoms with van der Waals surface area (Å²) >= 11 is 0. The first-order chi connectivity index (χ1) is 24.5. The molecule has 5 atom stereocenters. The molecule has 3 amide bonds. The lowest BCUT2D eigenvalue weighted by molar-refractivity contribution is -0.150. The number of nitrogens with zero attached hydrogens (tertiary/aromatic N) is 3. The highest BCUT2D eigenvalue weighted by molar-refractivity contribution is 6.91. The highest BCUT2D eigenvalue weighted by Crippen LogP contribution is 2.60. The van der Waals surface area contributed by atoms with Crippen molar-refractivity contribution in [3.63, 3.8) is 0 Å². The number of aliphatic hydroxyl groups is 1. The van der Waals surface area contributed by atoms with Crippen molar-refractivity contribution in [3.05, 3.63) is 77.9 Å². The van der Waals surface area contributed by atoms with Gasteiger partial charge in [-0.25, -0.2) is 4.79 Å². The number of cyclic esters (lactones) is 1. The number of hydrogen-bond acceptors (Lipinski definition) is 8. The van der Waals surface area contributed by atoms with E-state index in [1.807, 2.05) is 54.6 Å². The Morgan fingerprint density at radius 3 is 2.33 bits per heavy atom. The van der Waals surface area contributed by atoms with Crippen LogP contribution in [0.3, 0.4) is 0 Å². The molecule has 51 heavy (non-hydrogen) atoms. The van der Waals surface area contributed by atoms with E-state index in [0.29, 0.717) is 32.0 Å². The van der Waals surface area contributed by atoms with Crippen molar-refractivity contribution in [1.82, 2.24) is 4.90 Å². The van der Waals surface area contributed by atoms with Crippen molar-refractivity contribution in [2.24, 2.45) is 5.92 Å². The fraction of sp³-hybridized carbons (Fsp3) is 0.462. The zero-order valence-corrected chi connectivity index (χ0v) is 31.0. The predicted octanol–water partition coefficient (Wildman–Crippen LogP) is 4.80. The number of ether oxygens (including phenoxy) is 4. The van der Waals surface area contributed by atoms with Gasteiger partial charge in [0, 0.05) is 23.7 Å². The van der Waals surface area contributed by atoms with Crippen molar-refractivity contribution in [1.29, 1.82) is 0 Å². The van der Waals surface area contributed by atoms with Gasteiger partial charge in [-0.3, -0.25) is 14.5 Å². The van der Waals surface area contributed by atoms with E-state index in [2.05, 4.69) is 32.2 Å². The van der Waals surface area contributed by atoms with Crippen LogP contribution >= 0.6 is 0 Å². The summed E-state index contributed by atoms with van der Waals surface area (Å²) in [7, 11) is 0.784. The number of hydrogen-bond donors (Lipinski definition) is 1. The minimum atomic E-state index is -2.47. The lowest BCUT2D eigenvalue weighted by Gasteiger charge is -2.37. The van der Waals surface area contributed by atoms with Crippen LogP contribution < -0.4 is 24.5 Å². The lowest BCUT2D eigenvalue weighted by Crippen LogP contribution is -2.52. The Hall–Kier alpha value is -4.39. The Morgan fingerprint density at radius 1 is 0.980 bits per heavy atom. The van der Waals surface area contributed by atoms with Crippen LogP contribution in [0.1, 0.15) is 37.3 Å². The zero-order chi connectivity index (χ0) is 36.1. The Labute approximate surface area is 300 Å². The average Bonchev–Trinajstić information content (AvgIpc) is 3.91. The molecule has 7 rings (SSSR count). The van der Waals surface area contributed by atoms with Crippen LogP contribution in [0, 0.1) is 5.92 Å². The maximum absolute atomic E-state index is 15.2. The van der Waals surface area contributed by atoms with Gasteiger partial charge < -0.3 is 33.9 Å². The Morgan fingerprint density at radius 2 is 1.69 bits per heavy atom. The minimum absolute atomic E-state index is 0.0551. The second-order valence-corrected chi connectivity index (χ2v) is 19.3. The molecule has 4 aliphatic rings. The standard InChI is InChI=1S/C39H47N3O8Si/c1-25-36(51(4,5)31-15-12-29(47-2)13-16-31)34(22-35(44)40-18-6-7-28(40)24-43)50-39(25)32-21-30(48-3)14-17-33(32)42(37(39)45)23-26-8-10-27(11-9-26)41-19-20-49-38(41)46/h8-17,21,25,28,34,36,43H,6-7,18-20,22-24H2,1-5H3/t25-,28+,34+,36-,39+/m1/s1. The van der Waals surface area contributed by atoms with Gasteiger partial charge in [-0.1, -0.05) is 49.5 Å². The maximum atomic E-state index is 15.2. The molecule has 3 fully saturated rings. The number of carbonyl (C=O) groups is 3. The van der Waals surface area contributed by atoms with Gasteiger partial charge in [-0.15, -0.1) is 0 Å². The topological polar surface area (TPSA) is 118 Å². The van der Waals surface area contributed by atoms with Crippen molar-refractivity contribution in [3.8, 4) is 11.5 Å². The summed E-state index contributed by atoms with van der Waals surface area (Å²) in [5.41, 5.74) is 1.65. The van der Waals surface area contributed by atoms with Gasteiger partial charge in [0.2, 0.25) is 5.91 Å². The summed E-state index contributed by atoms with van der Waals surface area (Å²) in [6, 6.07) is 21.2. The summed E-state index contributed by atoms with van der Waals surface area (Å²) in [5, 5.41) is 11.2. The first-order valence-corrected chi connectivity index (χ1v) is 20.9. The van der Waals surface area contributed by atoms with Gasteiger partial charge in [0.1, 0.15) is 18.1 Å². The third-order valence-electron chi connectivity index (χ3n) is 11.7. The monoisotopic (exact) mass is 713 g/mol. The van der Waals surface area contributed by atoms with E-state index in [1.165, 1.54) is 5.19 Å². The number of fused-ring (bicyclic) bond motifs is 2. The summed E-state index contributed by atoms with van der Waals surface area (Å²) in [6.45, 7) is 8.37. The lowest BCUT2D eigenvalue weighted by atomic mass is 9.82. The molecular formula is C39H47N3O8Si. The number of anilines is 2. The van der Waals surface area contributed by atoms with E-state index in [0.717, 1.165) is 41.1 Å². The Balaban J connectivity index is 1.28. The molecule has 0 bridgehead atoms. The van der Waals surface area contributed by atoms with Crippen LogP contribution in [0.2, 0.25) is 18.6 Å². The molecule has 0 saturated carbocycles. The largest absolute Gasteiger partial charge is 0.497 e. The fourth-order valence-corrected chi connectivity index (χ4v) is 13.0. The van der Waals surface area contributed by atoms with Gasteiger partial charge in [-0.2, -0.15) is 0 Å². The van der Waals surface area contributed by atoms with Crippen molar-refractivity contribution < 1.29 is 38.4 Å². The average molecular weight is 714 g/mol. The molecule has 0 aliphatic carbocycles. The SMILES string of the molecule is COc1ccc([Si](C)(C)[C@H]2[C@H](CC(=O)N3CCC[C@H]3CO)O[C@@]3(C(=O)N(Cc4ccc(N5CCOC5=O)cc4)c4ccc(OC)cc43)[C@@H]2C)cc1. The van der Waals surface area contributed by atoms with Crippen molar-refractivity contribution in [2.45, 2.75) is 69.1 Å². The highest BCUT2D eigenvalue weighted by atomic mass is 28.3. The molecule has 4 heterocycles. The molecule has 4 aliphatic heterocycles. The van der Waals surface area contributed by atoms with Crippen molar-refractivity contribution >= 4 is 42.5 Å². The van der Waals surface area contributed by atoms with E-state index in [-0.39, 0.29) is 48.4 Å². The number of rotatable bonds is 10. The predicted molar refractivity (Wildman–Crippen MR) is 195 cm³/mol. The molecule has 0 radical (unpaired) electrons. The van der Waals surface area contributed by atoms with Crippen LogP contribution in [0.15, 0.2) is 66.7 Å². The molecule has 12 heteroatoms. The number of amides is 3. The van der Waals surface area contributed by atoms with Gasteiger partial charge in [0.25, 0.3) is 5.91 Å². The molecule has 0 aromatic heterocycles. The first kappa shape index (κ1) is 35.0. The number of likely N-dealkylation sites (tertiary alicyclic amines) is 1. The molecule has 3 aromatic rings. The zero-order valence-electron chi connectivity index (χ0n) is 30.0. The number of benzene rings is 3. The minimum Gasteiger partial charge on any atom is -0.497 e. The number of carbonyl (C=O) groups excluding carboxylic acids is 3. The normalized spacial score (nSPS) is 25.9. The van der Waals surface area contributed by atoms with E-state index < -0.39 is 19.8 Å². The van der Waals surface area contributed by atoms with Crippen LogP contribution in [0.5, 0.6) is 11.5 Å². The second-order valence-electron chi connectivity index (χ2n) is 14.6. The fourth-order valence-electron chi connectivity index (χ4n) is 9.01. The third-order valence-corrected chi connectivity index (χ3v) is 16.0. The first-order valence-electron chi connectivity index (χ1n) is 17.8. The molecule has 1 N–H and O–H groups in total. The molecule has 3 aromatic carbocycles. The van der Waals surface area contributed by atoms with E-state index in [9.17, 15) is 14.7 Å². The molecule has 3 saturated heterocycles. The summed E-state index contributed by atoms with van der Waals surface area (Å²) in [6.07, 6.45) is 0.830. The van der Waals surface area contributed by atoms with Crippen LogP contribution in [0.25, 0.3) is 0 Å². The summed E-state index contributed by atoms with van der Waals surface area (Å²) in [5.74, 6) is 0.867. The number of methoxy groups -OCH3 is 2. The third kappa shape index (κ3) is 5.86. The smallest absolute Gasteiger partial charge is 0.414 e. The quantitative estimate of drug-likeness (QED) is 0.298. The second kappa shape index (κ2) is 13.6. The van der Waals surface area contributed by atoms with Crippen molar-refractivity contribution in [2.75, 3.05) is 50.3 Å². The summed E-state index contributed by atoms with van der Waals surface area (Å²) < 4.78 is 23.4. The van der Waals surface area contributed by atoms with Crippen LogP contribution in [0.4, 0.5) is 16.2 Å². The number of aliphatic hydroxyl groups excluding tert-OH is 1. The van der Waals surface area contributed by atoms with E-state index >= 15 is 4.79 Å². The maximum Gasteiger partial charge on any atom is 0.414 e. The van der Waals surface area contributed by atoms with Gasteiger partial charge in [0.05, 0.1) is 66.2 Å². The molecule has 0 unspecified atom stereocenters. The van der Waals surface area contributed by atoms with Crippen LogP contribution in [-0.2, 0) is 31.2 Å². The van der Waals surface area contributed by atoms with Gasteiger partial charge in [0.15, 0.2) is 5.60 Å². The van der Waals surface area contributed by atoms with Gasteiger partial charge >= 0.3 is 6.09 Å². The van der Waals surface area contributed by atoms with E-state index in [1.54, 1.807) is 28.9 Å².